The maximum Gasteiger partial charge on any atom is 0.335 e. The SMILES string of the molecule is O=C1NC(=O)N(c2ccc(C(=O)O)cc2)C(=O)/C1=C/c1ccc(OCc2ccc(Cl)cc2)cc1. The Hall–Kier alpha value is -4.43. The number of carboxylic acids is 1. The third-order valence-corrected chi connectivity index (χ3v) is 5.24. The molecule has 1 aliphatic heterocycles. The largest absolute Gasteiger partial charge is 0.489 e. The van der Waals surface area contributed by atoms with Gasteiger partial charge in [0.25, 0.3) is 11.8 Å². The molecular weight excluding hydrogens is 460 g/mol. The summed E-state index contributed by atoms with van der Waals surface area (Å²) in [5, 5.41) is 11.8. The molecule has 1 saturated heterocycles. The fraction of sp³-hybridized carbons (Fsp3) is 0.0400. The van der Waals surface area contributed by atoms with Gasteiger partial charge in [-0.3, -0.25) is 14.9 Å². The zero-order valence-electron chi connectivity index (χ0n) is 17.5. The molecule has 4 amide bonds. The van der Waals surface area contributed by atoms with Gasteiger partial charge in [0.1, 0.15) is 17.9 Å². The number of benzene rings is 3. The van der Waals surface area contributed by atoms with Crippen LogP contribution in [-0.2, 0) is 16.2 Å². The molecular formula is C25H17ClN2O6. The molecule has 1 aliphatic rings. The summed E-state index contributed by atoms with van der Waals surface area (Å²) in [5.74, 6) is -2.19. The molecule has 0 aliphatic carbocycles. The van der Waals surface area contributed by atoms with Crippen LogP contribution in [-0.4, -0.2) is 28.9 Å². The number of aromatic carboxylic acids is 1. The first-order chi connectivity index (χ1) is 16.3. The van der Waals surface area contributed by atoms with Gasteiger partial charge in [0.15, 0.2) is 0 Å². The predicted octanol–water partition coefficient (Wildman–Crippen LogP) is 4.28. The summed E-state index contributed by atoms with van der Waals surface area (Å²) < 4.78 is 5.73. The number of barbiturate groups is 1. The van der Waals surface area contributed by atoms with Crippen molar-refractivity contribution in [2.45, 2.75) is 6.61 Å². The number of imide groups is 2. The van der Waals surface area contributed by atoms with Gasteiger partial charge in [-0.15, -0.1) is 0 Å². The average Bonchev–Trinajstić information content (AvgIpc) is 2.82. The number of nitrogens with one attached hydrogen (secondary N) is 1. The van der Waals surface area contributed by atoms with Crippen LogP contribution in [0.25, 0.3) is 6.08 Å². The first-order valence-corrected chi connectivity index (χ1v) is 10.4. The number of carbonyl (C=O) groups is 4. The number of carbonyl (C=O) groups excluding carboxylic acids is 3. The van der Waals surface area contributed by atoms with E-state index in [1.807, 2.05) is 12.1 Å². The average molecular weight is 477 g/mol. The summed E-state index contributed by atoms with van der Waals surface area (Å²) >= 11 is 5.87. The minimum absolute atomic E-state index is 0.00108. The standard InChI is InChI=1S/C25H17ClN2O6/c26-18-7-1-16(2-8-18)14-34-20-11-3-15(4-12-20)13-21-22(29)27-25(33)28(23(21)30)19-9-5-17(6-10-19)24(31)32/h1-13H,14H2,(H,31,32)(H,27,29,33)/b21-13+. The summed E-state index contributed by atoms with van der Waals surface area (Å²) in [6.07, 6.45) is 1.37. The van der Waals surface area contributed by atoms with Crippen molar-refractivity contribution in [2.75, 3.05) is 4.90 Å². The Morgan fingerprint density at radius 1 is 0.941 bits per heavy atom. The number of carboxylic acid groups (broad SMARTS) is 1. The number of ether oxygens (including phenoxy) is 1. The second-order valence-corrected chi connectivity index (χ2v) is 7.73. The lowest BCUT2D eigenvalue weighted by Gasteiger charge is -2.26. The molecule has 9 heteroatoms. The molecule has 0 radical (unpaired) electrons. The van der Waals surface area contributed by atoms with Gasteiger partial charge in [0.2, 0.25) is 0 Å². The van der Waals surface area contributed by atoms with E-state index in [0.717, 1.165) is 10.5 Å². The van der Waals surface area contributed by atoms with Crippen LogP contribution < -0.4 is 15.0 Å². The lowest BCUT2D eigenvalue weighted by Crippen LogP contribution is -2.54. The Labute approximate surface area is 199 Å². The molecule has 0 unspecified atom stereocenters. The van der Waals surface area contributed by atoms with Gasteiger partial charge in [-0.05, 0) is 65.7 Å². The number of halogens is 1. The van der Waals surface area contributed by atoms with Crippen LogP contribution in [0.1, 0.15) is 21.5 Å². The summed E-state index contributed by atoms with van der Waals surface area (Å²) in [7, 11) is 0. The normalized spacial score (nSPS) is 14.8. The van der Waals surface area contributed by atoms with Gasteiger partial charge >= 0.3 is 12.0 Å². The van der Waals surface area contributed by atoms with Crippen LogP contribution >= 0.6 is 11.6 Å². The summed E-state index contributed by atoms with van der Waals surface area (Å²) in [6.45, 7) is 0.343. The van der Waals surface area contributed by atoms with Crippen LogP contribution in [0.2, 0.25) is 5.02 Å². The van der Waals surface area contributed by atoms with Crippen molar-refractivity contribution in [3.8, 4) is 5.75 Å². The third-order valence-electron chi connectivity index (χ3n) is 4.98. The van der Waals surface area contributed by atoms with E-state index in [4.69, 9.17) is 21.4 Å². The molecule has 0 saturated carbocycles. The molecule has 2 N–H and O–H groups in total. The van der Waals surface area contributed by atoms with Gasteiger partial charge in [0, 0.05) is 5.02 Å². The molecule has 34 heavy (non-hydrogen) atoms. The smallest absolute Gasteiger partial charge is 0.335 e. The minimum atomic E-state index is -1.14. The van der Waals surface area contributed by atoms with E-state index in [1.54, 1.807) is 36.4 Å². The van der Waals surface area contributed by atoms with Crippen molar-refractivity contribution in [3.63, 3.8) is 0 Å². The molecule has 3 aromatic rings. The van der Waals surface area contributed by atoms with E-state index in [2.05, 4.69) is 5.32 Å². The Morgan fingerprint density at radius 3 is 2.21 bits per heavy atom. The number of rotatable bonds is 6. The molecule has 8 nitrogen and oxygen atoms in total. The first kappa shape index (κ1) is 22.8. The van der Waals surface area contributed by atoms with Gasteiger partial charge in [0.05, 0.1) is 11.3 Å². The first-order valence-electron chi connectivity index (χ1n) is 10.0. The third kappa shape index (κ3) is 4.97. The fourth-order valence-corrected chi connectivity index (χ4v) is 3.35. The van der Waals surface area contributed by atoms with E-state index >= 15 is 0 Å². The van der Waals surface area contributed by atoms with Gasteiger partial charge < -0.3 is 9.84 Å². The molecule has 1 fully saturated rings. The van der Waals surface area contributed by atoms with Gasteiger partial charge in [-0.2, -0.15) is 0 Å². The second-order valence-electron chi connectivity index (χ2n) is 7.29. The summed E-state index contributed by atoms with van der Waals surface area (Å²) in [6, 6.07) is 18.3. The van der Waals surface area contributed by atoms with Crippen LogP contribution in [0.5, 0.6) is 5.75 Å². The Bertz CT molecular complexity index is 1300. The van der Waals surface area contributed by atoms with E-state index in [1.165, 1.54) is 30.3 Å². The lowest BCUT2D eigenvalue weighted by molar-refractivity contribution is -0.122. The molecule has 3 aromatic carbocycles. The monoisotopic (exact) mass is 476 g/mol. The highest BCUT2D eigenvalue weighted by molar-refractivity contribution is 6.39. The van der Waals surface area contributed by atoms with Crippen molar-refractivity contribution in [2.24, 2.45) is 0 Å². The highest BCUT2D eigenvalue weighted by Gasteiger charge is 2.36. The minimum Gasteiger partial charge on any atom is -0.489 e. The highest BCUT2D eigenvalue weighted by atomic mass is 35.5. The summed E-state index contributed by atoms with van der Waals surface area (Å²) in [4.78, 5) is 49.4. The fourth-order valence-electron chi connectivity index (χ4n) is 3.22. The molecule has 0 aromatic heterocycles. The number of nitrogens with zero attached hydrogens (tertiary/aromatic N) is 1. The van der Waals surface area contributed by atoms with E-state index < -0.39 is 23.8 Å². The highest BCUT2D eigenvalue weighted by Crippen LogP contribution is 2.23. The molecule has 170 valence electrons. The van der Waals surface area contributed by atoms with Gasteiger partial charge in [-0.1, -0.05) is 35.9 Å². The number of anilines is 1. The van der Waals surface area contributed by atoms with Crippen LogP contribution in [0, 0.1) is 0 Å². The number of hydrogen-bond donors (Lipinski definition) is 2. The van der Waals surface area contributed by atoms with Crippen molar-refractivity contribution < 1.29 is 29.0 Å². The van der Waals surface area contributed by atoms with E-state index in [-0.39, 0.29) is 16.8 Å². The van der Waals surface area contributed by atoms with Crippen molar-refractivity contribution in [1.29, 1.82) is 0 Å². The number of urea groups is 1. The van der Waals surface area contributed by atoms with E-state index in [9.17, 15) is 19.2 Å². The number of hydrogen-bond acceptors (Lipinski definition) is 5. The van der Waals surface area contributed by atoms with Crippen LogP contribution in [0.3, 0.4) is 0 Å². The predicted molar refractivity (Wildman–Crippen MR) is 125 cm³/mol. The molecule has 0 spiro atoms. The zero-order valence-corrected chi connectivity index (χ0v) is 18.3. The number of amides is 4. The Kier molecular flexibility index (Phi) is 6.42. The lowest BCUT2D eigenvalue weighted by atomic mass is 10.1. The van der Waals surface area contributed by atoms with Gasteiger partial charge in [-0.25, -0.2) is 14.5 Å². The maximum absolute atomic E-state index is 12.9. The topological polar surface area (TPSA) is 113 Å². The van der Waals surface area contributed by atoms with Crippen LogP contribution in [0.4, 0.5) is 10.5 Å². The van der Waals surface area contributed by atoms with Crippen molar-refractivity contribution in [1.82, 2.24) is 5.32 Å². The summed E-state index contributed by atoms with van der Waals surface area (Å²) in [5.41, 5.74) is 1.39. The van der Waals surface area contributed by atoms with E-state index in [0.29, 0.717) is 22.9 Å². The molecule has 0 atom stereocenters. The quantitative estimate of drug-likeness (QED) is 0.405. The molecule has 0 bridgehead atoms. The Balaban J connectivity index is 1.51. The van der Waals surface area contributed by atoms with Crippen molar-refractivity contribution in [3.05, 3.63) is 100 Å². The molecule has 1 heterocycles. The van der Waals surface area contributed by atoms with Crippen molar-refractivity contribution >= 4 is 47.2 Å². The molecule has 4 rings (SSSR count). The maximum atomic E-state index is 12.9. The Morgan fingerprint density at radius 2 is 1.59 bits per heavy atom. The zero-order chi connectivity index (χ0) is 24.2. The van der Waals surface area contributed by atoms with Crippen LogP contribution in [0.15, 0.2) is 78.4 Å². The second kappa shape index (κ2) is 9.60.